The van der Waals surface area contributed by atoms with Crippen molar-refractivity contribution in [3.63, 3.8) is 0 Å². The van der Waals surface area contributed by atoms with Crippen LogP contribution in [0.15, 0.2) is 44.8 Å². The van der Waals surface area contributed by atoms with Crippen LogP contribution in [-0.4, -0.2) is 18.1 Å². The zero-order valence-electron chi connectivity index (χ0n) is 8.60. The lowest BCUT2D eigenvalue weighted by molar-refractivity contribution is 0.883. The maximum atomic E-state index is 6.16. The van der Waals surface area contributed by atoms with Crippen molar-refractivity contribution in [3.8, 4) is 0 Å². The number of hydrogen-bond donors (Lipinski definition) is 0. The van der Waals surface area contributed by atoms with Crippen molar-refractivity contribution in [2.45, 2.75) is 10.5 Å². The topological polar surface area (TPSA) is 15.6 Å². The summed E-state index contributed by atoms with van der Waals surface area (Å²) in [7, 11) is 0. The van der Waals surface area contributed by atoms with E-state index in [2.05, 4.69) is 27.0 Å². The largest absolute Gasteiger partial charge is 0.311 e. The first-order valence-corrected chi connectivity index (χ1v) is 7.13. The van der Waals surface area contributed by atoms with Crippen molar-refractivity contribution in [1.82, 2.24) is 0 Å². The summed E-state index contributed by atoms with van der Waals surface area (Å²) in [6.45, 7) is 0. The molecule has 1 unspecified atom stereocenters. The van der Waals surface area contributed by atoms with Crippen molar-refractivity contribution >= 4 is 51.2 Å². The van der Waals surface area contributed by atoms with E-state index in [0.29, 0.717) is 0 Å². The van der Waals surface area contributed by atoms with Crippen LogP contribution in [0.2, 0.25) is 0 Å². The van der Waals surface area contributed by atoms with Gasteiger partial charge < -0.3 is 4.90 Å². The Morgan fingerprint density at radius 2 is 2.19 bits per heavy atom. The first kappa shape index (κ1) is 12.0. The van der Waals surface area contributed by atoms with Crippen molar-refractivity contribution in [2.24, 2.45) is 4.99 Å². The van der Waals surface area contributed by atoms with Gasteiger partial charge in [0.2, 0.25) is 5.62 Å². The highest BCUT2D eigenvalue weighted by Gasteiger charge is 2.18. The number of allylic oxidation sites excluding steroid dienone is 1. The van der Waals surface area contributed by atoms with Crippen LogP contribution in [0.3, 0.4) is 0 Å². The maximum absolute atomic E-state index is 6.16. The van der Waals surface area contributed by atoms with Crippen molar-refractivity contribution in [1.29, 1.82) is 0 Å². The summed E-state index contributed by atoms with van der Waals surface area (Å²) in [5.41, 5.74) is 0.693. The van der Waals surface area contributed by atoms with Gasteiger partial charge in [-0.3, -0.25) is 4.99 Å². The molecule has 1 aromatic carbocycles. The molecule has 1 aliphatic heterocycles. The Kier molecular flexibility index (Phi) is 3.95. The molecule has 0 radical (unpaired) electrons. The van der Waals surface area contributed by atoms with Gasteiger partial charge in [0.05, 0.1) is 10.2 Å². The third kappa shape index (κ3) is 2.44. The molecule has 0 spiro atoms. The van der Waals surface area contributed by atoms with Gasteiger partial charge in [-0.05, 0) is 34.3 Å². The van der Waals surface area contributed by atoms with Crippen LogP contribution < -0.4 is 4.90 Å². The first-order chi connectivity index (χ1) is 7.72. The lowest BCUT2D eigenvalue weighted by Gasteiger charge is -2.27. The number of aliphatic imine (C=N–C) groups is 1. The summed E-state index contributed by atoms with van der Waals surface area (Å²) < 4.78 is 0.917. The molecular weight excluding hydrogens is 308 g/mol. The second-order valence-corrected chi connectivity index (χ2v) is 5.34. The zero-order valence-corrected chi connectivity index (χ0v) is 11.8. The molecular formula is C11H10BrClN2S. The molecule has 0 aromatic heterocycles. The van der Waals surface area contributed by atoms with Gasteiger partial charge in [-0.15, -0.1) is 11.8 Å². The van der Waals surface area contributed by atoms with E-state index in [-0.39, 0.29) is 5.62 Å². The summed E-state index contributed by atoms with van der Waals surface area (Å²) in [5, 5.41) is 0. The van der Waals surface area contributed by atoms with Gasteiger partial charge in [-0.1, -0.05) is 23.7 Å². The van der Waals surface area contributed by atoms with E-state index in [0.717, 1.165) is 10.2 Å². The van der Waals surface area contributed by atoms with Gasteiger partial charge in [0, 0.05) is 17.3 Å². The molecule has 1 aliphatic rings. The molecule has 84 valence electrons. The van der Waals surface area contributed by atoms with Crippen molar-refractivity contribution in [3.05, 3.63) is 34.9 Å². The molecule has 0 saturated carbocycles. The predicted molar refractivity (Wildman–Crippen MR) is 75.8 cm³/mol. The zero-order chi connectivity index (χ0) is 11.5. The summed E-state index contributed by atoms with van der Waals surface area (Å²) in [6.07, 6.45) is 5.71. The Morgan fingerprint density at radius 1 is 1.44 bits per heavy atom. The number of halogens is 2. The van der Waals surface area contributed by atoms with Gasteiger partial charge in [-0.25, -0.2) is 0 Å². The number of thioether (sulfide) groups is 1. The minimum absolute atomic E-state index is 0.380. The highest BCUT2D eigenvalue weighted by Crippen LogP contribution is 2.32. The number of alkyl halides is 1. The van der Waals surface area contributed by atoms with Gasteiger partial charge >= 0.3 is 0 Å². The predicted octanol–water partition coefficient (Wildman–Crippen LogP) is 4.06. The van der Waals surface area contributed by atoms with Crippen LogP contribution in [0, 0.1) is 0 Å². The first-order valence-electron chi connectivity index (χ1n) is 4.68. The van der Waals surface area contributed by atoms with Crippen LogP contribution in [0.4, 0.5) is 5.69 Å². The quantitative estimate of drug-likeness (QED) is 0.464. The second-order valence-electron chi connectivity index (χ2n) is 3.18. The molecule has 2 rings (SSSR count). The van der Waals surface area contributed by atoms with Gasteiger partial charge in [-0.2, -0.15) is 0 Å². The van der Waals surface area contributed by atoms with Gasteiger partial charge in [0.25, 0.3) is 0 Å². The molecule has 1 atom stereocenters. The van der Waals surface area contributed by atoms with Gasteiger partial charge in [0.1, 0.15) is 0 Å². The fourth-order valence-electron chi connectivity index (χ4n) is 1.46. The lowest BCUT2D eigenvalue weighted by atomic mass is 10.3. The maximum Gasteiger partial charge on any atom is 0.201 e. The highest BCUT2D eigenvalue weighted by atomic mass is 79.9. The molecule has 0 fully saturated rings. The molecule has 16 heavy (non-hydrogen) atoms. The Bertz CT molecular complexity index is 447. The van der Waals surface area contributed by atoms with Crippen LogP contribution in [-0.2, 0) is 0 Å². The SMILES string of the molecule is CSc1ccccc1N1C=C(Br)C=NC1Cl. The molecule has 0 bridgehead atoms. The number of para-hydroxylation sites is 1. The number of rotatable bonds is 2. The second kappa shape index (κ2) is 5.25. The Morgan fingerprint density at radius 3 is 2.94 bits per heavy atom. The normalized spacial score (nSPS) is 19.8. The van der Waals surface area contributed by atoms with E-state index in [1.807, 2.05) is 35.6 Å². The van der Waals surface area contributed by atoms with Crippen molar-refractivity contribution < 1.29 is 0 Å². The molecule has 1 aromatic rings. The van der Waals surface area contributed by atoms with E-state index in [1.165, 1.54) is 4.90 Å². The van der Waals surface area contributed by atoms with Crippen LogP contribution >= 0.6 is 39.3 Å². The molecule has 0 amide bonds. The molecule has 0 aliphatic carbocycles. The monoisotopic (exact) mass is 316 g/mol. The Labute approximate surface area is 113 Å². The smallest absolute Gasteiger partial charge is 0.201 e. The van der Waals surface area contributed by atoms with E-state index in [1.54, 1.807) is 18.0 Å². The average Bonchev–Trinajstić information content (AvgIpc) is 2.32. The summed E-state index contributed by atoms with van der Waals surface area (Å²) in [6, 6.07) is 8.13. The van der Waals surface area contributed by atoms with E-state index in [4.69, 9.17) is 11.6 Å². The summed E-state index contributed by atoms with van der Waals surface area (Å²) in [4.78, 5) is 7.31. The third-order valence-corrected chi connectivity index (χ3v) is 3.69. The number of hydrogen-bond acceptors (Lipinski definition) is 3. The Balaban J connectivity index is 2.40. The summed E-state index contributed by atoms with van der Waals surface area (Å²) in [5.74, 6) is 0. The molecule has 5 heteroatoms. The average molecular weight is 318 g/mol. The number of nitrogens with zero attached hydrogens (tertiary/aromatic N) is 2. The van der Waals surface area contributed by atoms with Crippen LogP contribution in [0.5, 0.6) is 0 Å². The van der Waals surface area contributed by atoms with E-state index < -0.39 is 0 Å². The van der Waals surface area contributed by atoms with Crippen molar-refractivity contribution in [2.75, 3.05) is 11.2 Å². The standard InChI is InChI=1S/C11H10BrClN2S/c1-16-10-5-3-2-4-9(10)15-7-8(12)6-14-11(15)13/h2-7,11H,1H3. The molecule has 0 N–H and O–H groups in total. The van der Waals surface area contributed by atoms with Gasteiger partial charge in [0.15, 0.2) is 0 Å². The fourth-order valence-corrected chi connectivity index (χ4v) is 2.61. The van der Waals surface area contributed by atoms with Crippen LogP contribution in [0.1, 0.15) is 0 Å². The minimum atomic E-state index is -0.380. The lowest BCUT2D eigenvalue weighted by Crippen LogP contribution is -2.27. The third-order valence-electron chi connectivity index (χ3n) is 2.18. The van der Waals surface area contributed by atoms with E-state index >= 15 is 0 Å². The van der Waals surface area contributed by atoms with E-state index in [9.17, 15) is 0 Å². The molecule has 1 heterocycles. The molecule has 2 nitrogen and oxygen atoms in total. The minimum Gasteiger partial charge on any atom is -0.311 e. The van der Waals surface area contributed by atoms with Crippen LogP contribution in [0.25, 0.3) is 0 Å². The fraction of sp³-hybridized carbons (Fsp3) is 0.182. The highest BCUT2D eigenvalue weighted by molar-refractivity contribution is 9.12. The molecule has 0 saturated heterocycles. The summed E-state index contributed by atoms with van der Waals surface area (Å²) >= 11 is 11.3. The number of benzene rings is 1. The number of anilines is 1. The Hall–Kier alpha value is -0.450.